The summed E-state index contributed by atoms with van der Waals surface area (Å²) in [6.07, 6.45) is 0. The van der Waals surface area contributed by atoms with Crippen molar-refractivity contribution in [2.75, 3.05) is 0 Å². The largest absolute Gasteiger partial charge is 0.425 e. The van der Waals surface area contributed by atoms with Crippen LogP contribution in [-0.4, -0.2) is 16.5 Å². The predicted octanol–water partition coefficient (Wildman–Crippen LogP) is 4.44. The molecule has 1 unspecified atom stereocenters. The van der Waals surface area contributed by atoms with Gasteiger partial charge in [-0.05, 0) is 31.2 Å². The number of alkyl halides is 1. The molecular weight excluding hydrogens is 347 g/mol. The summed E-state index contributed by atoms with van der Waals surface area (Å²) in [7, 11) is 0. The van der Waals surface area contributed by atoms with Crippen LogP contribution < -0.4 is 4.74 Å². The molecule has 0 fully saturated rings. The van der Waals surface area contributed by atoms with Gasteiger partial charge in [-0.3, -0.25) is 4.79 Å². The molecule has 0 saturated heterocycles. The van der Waals surface area contributed by atoms with Crippen LogP contribution in [-0.2, 0) is 4.79 Å². The molecule has 0 aliphatic rings. The predicted molar refractivity (Wildman–Crippen MR) is 80.3 cm³/mol. The molecule has 1 heterocycles. The molecule has 0 spiro atoms. The van der Waals surface area contributed by atoms with Crippen molar-refractivity contribution < 1.29 is 27.2 Å². The van der Waals surface area contributed by atoms with Crippen LogP contribution in [0.25, 0.3) is 22.2 Å². The Bertz CT molecular complexity index is 916. The number of rotatable bonds is 3. The summed E-state index contributed by atoms with van der Waals surface area (Å²) in [4.78, 5) is 11.5. The van der Waals surface area contributed by atoms with Gasteiger partial charge in [0.05, 0.1) is 0 Å². The van der Waals surface area contributed by atoms with Gasteiger partial charge in [0.15, 0.2) is 23.0 Å². The van der Waals surface area contributed by atoms with Crippen LogP contribution in [0.5, 0.6) is 5.75 Å². The van der Waals surface area contributed by atoms with Crippen LogP contribution in [0, 0.1) is 17.5 Å². The first-order valence-corrected chi connectivity index (χ1v) is 7.20. The lowest BCUT2D eigenvalue weighted by Gasteiger charge is -2.05. The summed E-state index contributed by atoms with van der Waals surface area (Å²) in [6.45, 7) is 1.46. The minimum absolute atomic E-state index is 0.0178. The molecule has 0 radical (unpaired) electrons. The smallest absolute Gasteiger partial charge is 0.329 e. The number of halogens is 4. The molecule has 0 aliphatic heterocycles. The maximum absolute atomic E-state index is 13.4. The zero-order valence-corrected chi connectivity index (χ0v) is 12.9. The van der Waals surface area contributed by atoms with Crippen molar-refractivity contribution in [2.24, 2.45) is 0 Å². The van der Waals surface area contributed by atoms with Crippen molar-refractivity contribution in [3.8, 4) is 17.0 Å². The van der Waals surface area contributed by atoms with E-state index in [1.807, 2.05) is 0 Å². The van der Waals surface area contributed by atoms with Gasteiger partial charge in [-0.15, -0.1) is 11.6 Å². The van der Waals surface area contributed by atoms with E-state index in [0.29, 0.717) is 5.39 Å². The fourth-order valence-electron chi connectivity index (χ4n) is 2.08. The number of hydrogen-bond acceptors (Lipinski definition) is 4. The van der Waals surface area contributed by atoms with Crippen molar-refractivity contribution in [1.82, 2.24) is 5.16 Å². The minimum Gasteiger partial charge on any atom is -0.425 e. The summed E-state index contributed by atoms with van der Waals surface area (Å²) < 4.78 is 49.9. The van der Waals surface area contributed by atoms with Crippen LogP contribution in [0.1, 0.15) is 6.92 Å². The van der Waals surface area contributed by atoms with Crippen molar-refractivity contribution in [3.63, 3.8) is 0 Å². The summed E-state index contributed by atoms with van der Waals surface area (Å²) >= 11 is 5.61. The van der Waals surface area contributed by atoms with Gasteiger partial charge in [-0.25, -0.2) is 13.2 Å². The molecule has 0 amide bonds. The number of nitrogens with zero attached hydrogens (tertiary/aromatic N) is 1. The molecular formula is C16H9ClF3NO3. The highest BCUT2D eigenvalue weighted by atomic mass is 35.5. The Kier molecular flexibility index (Phi) is 4.19. The van der Waals surface area contributed by atoms with Crippen molar-refractivity contribution in [1.29, 1.82) is 0 Å². The van der Waals surface area contributed by atoms with E-state index < -0.39 is 28.8 Å². The number of ether oxygens (including phenoxy) is 1. The van der Waals surface area contributed by atoms with Crippen molar-refractivity contribution in [2.45, 2.75) is 12.3 Å². The molecule has 24 heavy (non-hydrogen) atoms. The fraction of sp³-hybridized carbons (Fsp3) is 0.125. The van der Waals surface area contributed by atoms with Crippen LogP contribution in [0.2, 0.25) is 0 Å². The molecule has 4 nitrogen and oxygen atoms in total. The Hall–Kier alpha value is -2.54. The summed E-state index contributed by atoms with van der Waals surface area (Å²) in [5.41, 5.74) is 0.373. The van der Waals surface area contributed by atoms with Crippen LogP contribution in [0.3, 0.4) is 0 Å². The van der Waals surface area contributed by atoms with Crippen LogP contribution in [0.15, 0.2) is 34.9 Å². The monoisotopic (exact) mass is 355 g/mol. The number of aromatic nitrogens is 1. The van der Waals surface area contributed by atoms with E-state index in [-0.39, 0.29) is 22.6 Å². The summed E-state index contributed by atoms with van der Waals surface area (Å²) in [5, 5.41) is 3.33. The highest BCUT2D eigenvalue weighted by Gasteiger charge is 2.18. The van der Waals surface area contributed by atoms with E-state index in [1.165, 1.54) is 25.1 Å². The Balaban J connectivity index is 2.01. The number of carbonyl (C=O) groups excluding carboxylic acids is 1. The van der Waals surface area contributed by atoms with Gasteiger partial charge in [0.1, 0.15) is 16.8 Å². The molecule has 0 aliphatic carbocycles. The van der Waals surface area contributed by atoms with Gasteiger partial charge in [-0.1, -0.05) is 5.16 Å². The van der Waals surface area contributed by atoms with Gasteiger partial charge in [0.25, 0.3) is 0 Å². The average molecular weight is 356 g/mol. The second-order valence-corrected chi connectivity index (χ2v) is 5.63. The van der Waals surface area contributed by atoms with Gasteiger partial charge >= 0.3 is 5.97 Å². The highest BCUT2D eigenvalue weighted by molar-refractivity contribution is 6.29. The molecule has 1 aromatic heterocycles. The third kappa shape index (κ3) is 2.94. The first kappa shape index (κ1) is 16.3. The summed E-state index contributed by atoms with van der Waals surface area (Å²) in [6, 6.07) is 5.98. The quantitative estimate of drug-likeness (QED) is 0.301. The Labute approximate surface area is 138 Å². The molecule has 124 valence electrons. The molecule has 0 N–H and O–H groups in total. The normalized spacial score (nSPS) is 12.4. The number of hydrogen-bond donors (Lipinski definition) is 0. The highest BCUT2D eigenvalue weighted by Crippen LogP contribution is 2.32. The lowest BCUT2D eigenvalue weighted by atomic mass is 10.1. The lowest BCUT2D eigenvalue weighted by Crippen LogP contribution is -2.17. The molecule has 0 saturated carbocycles. The zero-order chi connectivity index (χ0) is 17.4. The second kappa shape index (κ2) is 6.16. The molecule has 1 atom stereocenters. The number of benzene rings is 2. The zero-order valence-electron chi connectivity index (χ0n) is 12.1. The number of esters is 1. The third-order valence-corrected chi connectivity index (χ3v) is 3.42. The van der Waals surface area contributed by atoms with Crippen molar-refractivity contribution >= 4 is 28.5 Å². The second-order valence-electron chi connectivity index (χ2n) is 4.98. The standard InChI is InChI=1S/C16H9ClF3NO3/c1-7(17)16(22)23-9-2-3-10-13(6-9)24-21-15(10)8-4-11(18)14(20)12(19)5-8/h2-7H,1H3. The van der Waals surface area contributed by atoms with Crippen LogP contribution >= 0.6 is 11.6 Å². The first-order valence-electron chi connectivity index (χ1n) is 6.77. The molecule has 0 bridgehead atoms. The van der Waals surface area contributed by atoms with E-state index in [9.17, 15) is 18.0 Å². The maximum atomic E-state index is 13.4. The number of fused-ring (bicyclic) bond motifs is 1. The third-order valence-electron chi connectivity index (χ3n) is 3.24. The molecule has 2 aromatic carbocycles. The van der Waals surface area contributed by atoms with Crippen LogP contribution in [0.4, 0.5) is 13.2 Å². The molecule has 8 heteroatoms. The van der Waals surface area contributed by atoms with E-state index in [4.69, 9.17) is 20.9 Å². The average Bonchev–Trinajstić information content (AvgIpc) is 2.95. The van der Waals surface area contributed by atoms with Gasteiger partial charge in [-0.2, -0.15) is 0 Å². The SMILES string of the molecule is CC(Cl)C(=O)Oc1ccc2c(-c3cc(F)c(F)c(F)c3)noc2c1. The maximum Gasteiger partial charge on any atom is 0.329 e. The Morgan fingerprint density at radius 3 is 2.50 bits per heavy atom. The molecule has 3 rings (SSSR count). The van der Waals surface area contributed by atoms with E-state index >= 15 is 0 Å². The fourth-order valence-corrected chi connectivity index (χ4v) is 2.12. The van der Waals surface area contributed by atoms with Crippen molar-refractivity contribution in [3.05, 3.63) is 47.8 Å². The lowest BCUT2D eigenvalue weighted by molar-refractivity contribution is -0.133. The first-order chi connectivity index (χ1) is 11.4. The Morgan fingerprint density at radius 1 is 1.21 bits per heavy atom. The topological polar surface area (TPSA) is 52.3 Å². The van der Waals surface area contributed by atoms with Gasteiger partial charge in [0.2, 0.25) is 0 Å². The van der Waals surface area contributed by atoms with Gasteiger partial charge < -0.3 is 9.26 Å². The van der Waals surface area contributed by atoms with E-state index in [2.05, 4.69) is 5.16 Å². The van der Waals surface area contributed by atoms with E-state index in [0.717, 1.165) is 12.1 Å². The summed E-state index contributed by atoms with van der Waals surface area (Å²) in [5.74, 6) is -4.68. The Morgan fingerprint density at radius 2 is 1.88 bits per heavy atom. The minimum atomic E-state index is -1.56. The van der Waals surface area contributed by atoms with Gasteiger partial charge in [0, 0.05) is 17.0 Å². The number of carbonyl (C=O) groups is 1. The van der Waals surface area contributed by atoms with E-state index in [1.54, 1.807) is 0 Å². The molecule has 3 aromatic rings.